The third kappa shape index (κ3) is 2.61. The largest absolute Gasteiger partial charge is 0.326 e. The second-order valence-corrected chi connectivity index (χ2v) is 5.52. The molecule has 0 aliphatic heterocycles. The van der Waals surface area contributed by atoms with Gasteiger partial charge in [0.05, 0.1) is 11.4 Å². The minimum atomic E-state index is 0.546. The summed E-state index contributed by atoms with van der Waals surface area (Å²) in [6.45, 7) is 2.61. The molecule has 0 saturated heterocycles. The molecule has 100 valence electrons. The van der Waals surface area contributed by atoms with Crippen LogP contribution in [-0.2, 0) is 6.54 Å². The molecule has 2 N–H and O–H groups in total. The summed E-state index contributed by atoms with van der Waals surface area (Å²) in [5.74, 6) is 0. The minimum Gasteiger partial charge on any atom is -0.326 e. The highest BCUT2D eigenvalue weighted by Gasteiger charge is 2.08. The molecule has 0 radical (unpaired) electrons. The monoisotopic (exact) mass is 281 g/mol. The summed E-state index contributed by atoms with van der Waals surface area (Å²) in [6.07, 6.45) is 1.82. The van der Waals surface area contributed by atoms with E-state index in [0.717, 1.165) is 27.5 Å². The van der Waals surface area contributed by atoms with Gasteiger partial charge in [0.1, 0.15) is 5.01 Å². The summed E-state index contributed by atoms with van der Waals surface area (Å²) in [5.41, 5.74) is 11.0. The predicted molar refractivity (Wildman–Crippen MR) is 83.4 cm³/mol. The summed E-state index contributed by atoms with van der Waals surface area (Å²) >= 11 is 1.61. The Kier molecular flexibility index (Phi) is 3.58. The van der Waals surface area contributed by atoms with E-state index in [2.05, 4.69) is 40.5 Å². The molecule has 4 heteroatoms. The van der Waals surface area contributed by atoms with E-state index >= 15 is 0 Å². The Morgan fingerprint density at radius 2 is 2.05 bits per heavy atom. The van der Waals surface area contributed by atoms with Gasteiger partial charge >= 0.3 is 0 Å². The average molecular weight is 281 g/mol. The number of thiazole rings is 1. The molecule has 20 heavy (non-hydrogen) atoms. The van der Waals surface area contributed by atoms with Crippen LogP contribution in [0.5, 0.6) is 0 Å². The van der Waals surface area contributed by atoms with Gasteiger partial charge in [-0.05, 0) is 36.2 Å². The molecule has 3 aromatic rings. The van der Waals surface area contributed by atoms with E-state index in [-0.39, 0.29) is 0 Å². The maximum Gasteiger partial charge on any atom is 0.142 e. The highest BCUT2D eigenvalue weighted by Crippen LogP contribution is 2.28. The number of aryl methyl sites for hydroxylation is 1. The summed E-state index contributed by atoms with van der Waals surface area (Å²) in [6, 6.07) is 12.2. The molecule has 0 bridgehead atoms. The number of benzene rings is 1. The van der Waals surface area contributed by atoms with E-state index < -0.39 is 0 Å². The van der Waals surface area contributed by atoms with Gasteiger partial charge in [0.15, 0.2) is 0 Å². The Labute approximate surface area is 122 Å². The van der Waals surface area contributed by atoms with Gasteiger partial charge in [0, 0.05) is 23.7 Å². The Hall–Kier alpha value is -2.04. The molecule has 0 unspecified atom stereocenters. The topological polar surface area (TPSA) is 51.8 Å². The number of nitrogens with two attached hydrogens (primary N) is 1. The number of hydrogen-bond donors (Lipinski definition) is 1. The first-order chi connectivity index (χ1) is 9.76. The van der Waals surface area contributed by atoms with Gasteiger partial charge in [-0.2, -0.15) is 0 Å². The van der Waals surface area contributed by atoms with E-state index in [1.165, 1.54) is 5.56 Å². The smallest absolute Gasteiger partial charge is 0.142 e. The minimum absolute atomic E-state index is 0.546. The van der Waals surface area contributed by atoms with Crippen LogP contribution in [0.15, 0.2) is 48.0 Å². The molecule has 0 aliphatic carbocycles. The molecular weight excluding hydrogens is 266 g/mol. The Balaban J connectivity index is 1.97. The fourth-order valence-electron chi connectivity index (χ4n) is 2.03. The Morgan fingerprint density at radius 1 is 1.15 bits per heavy atom. The lowest BCUT2D eigenvalue weighted by Gasteiger charge is -2.00. The molecule has 0 spiro atoms. The molecular formula is C16H15N3S. The second kappa shape index (κ2) is 5.53. The third-order valence-electron chi connectivity index (χ3n) is 3.10. The maximum atomic E-state index is 5.68. The number of rotatable bonds is 3. The number of pyridine rings is 1. The van der Waals surface area contributed by atoms with Crippen molar-refractivity contribution in [3.05, 3.63) is 59.1 Å². The third-order valence-corrected chi connectivity index (χ3v) is 3.96. The first-order valence-electron chi connectivity index (χ1n) is 6.44. The van der Waals surface area contributed by atoms with Crippen molar-refractivity contribution >= 4 is 11.3 Å². The fourth-order valence-corrected chi connectivity index (χ4v) is 2.83. The molecule has 2 aromatic heterocycles. The first kappa shape index (κ1) is 13.0. The summed E-state index contributed by atoms with van der Waals surface area (Å²) in [4.78, 5) is 9.06. The number of aromatic nitrogens is 2. The van der Waals surface area contributed by atoms with Crippen LogP contribution in [0.2, 0.25) is 0 Å². The van der Waals surface area contributed by atoms with Crippen molar-refractivity contribution in [2.45, 2.75) is 13.5 Å². The van der Waals surface area contributed by atoms with Crippen molar-refractivity contribution < 1.29 is 0 Å². The number of hydrogen-bond acceptors (Lipinski definition) is 4. The van der Waals surface area contributed by atoms with Gasteiger partial charge < -0.3 is 5.73 Å². The quantitative estimate of drug-likeness (QED) is 0.797. The molecule has 0 atom stereocenters. The van der Waals surface area contributed by atoms with Crippen LogP contribution in [0.25, 0.3) is 22.0 Å². The van der Waals surface area contributed by atoms with Crippen LogP contribution >= 0.6 is 11.3 Å². The Bertz CT molecular complexity index is 734. The lowest BCUT2D eigenvalue weighted by atomic mass is 10.1. The standard InChI is InChI=1S/C16H15N3S/c1-11-5-6-18-14(7-11)16-19-15(10-20-16)13-4-2-3-12(8-13)9-17/h2-8,10H,9,17H2,1H3. The van der Waals surface area contributed by atoms with E-state index in [4.69, 9.17) is 5.73 Å². The van der Waals surface area contributed by atoms with Crippen molar-refractivity contribution in [3.63, 3.8) is 0 Å². The zero-order valence-corrected chi connectivity index (χ0v) is 12.0. The van der Waals surface area contributed by atoms with E-state index in [0.29, 0.717) is 6.54 Å². The van der Waals surface area contributed by atoms with Gasteiger partial charge in [-0.25, -0.2) is 4.98 Å². The summed E-state index contributed by atoms with van der Waals surface area (Å²) in [7, 11) is 0. The van der Waals surface area contributed by atoms with E-state index in [1.807, 2.05) is 24.4 Å². The molecule has 1 aromatic carbocycles. The van der Waals surface area contributed by atoms with Crippen molar-refractivity contribution in [1.82, 2.24) is 9.97 Å². The predicted octanol–water partition coefficient (Wildman–Crippen LogP) is 3.64. The van der Waals surface area contributed by atoms with Gasteiger partial charge in [0.25, 0.3) is 0 Å². The maximum absolute atomic E-state index is 5.68. The van der Waals surface area contributed by atoms with Gasteiger partial charge in [-0.15, -0.1) is 11.3 Å². The molecule has 3 rings (SSSR count). The van der Waals surface area contributed by atoms with Crippen LogP contribution in [0.4, 0.5) is 0 Å². The molecule has 3 nitrogen and oxygen atoms in total. The van der Waals surface area contributed by atoms with E-state index in [9.17, 15) is 0 Å². The summed E-state index contributed by atoms with van der Waals surface area (Å²) < 4.78 is 0. The van der Waals surface area contributed by atoms with Crippen molar-refractivity contribution in [2.75, 3.05) is 0 Å². The Morgan fingerprint density at radius 3 is 2.85 bits per heavy atom. The van der Waals surface area contributed by atoms with Gasteiger partial charge in [-0.3, -0.25) is 4.98 Å². The number of nitrogens with zero attached hydrogens (tertiary/aromatic N) is 2. The van der Waals surface area contributed by atoms with E-state index in [1.54, 1.807) is 11.3 Å². The molecule has 0 fully saturated rings. The highest BCUT2D eigenvalue weighted by atomic mass is 32.1. The molecule has 2 heterocycles. The van der Waals surface area contributed by atoms with Crippen molar-refractivity contribution in [3.8, 4) is 22.0 Å². The molecule has 0 amide bonds. The normalized spacial score (nSPS) is 10.7. The van der Waals surface area contributed by atoms with Crippen LogP contribution < -0.4 is 5.73 Å². The SMILES string of the molecule is Cc1ccnc(-c2nc(-c3cccc(CN)c3)cs2)c1. The van der Waals surface area contributed by atoms with Crippen LogP contribution in [0, 0.1) is 6.92 Å². The van der Waals surface area contributed by atoms with Crippen molar-refractivity contribution in [1.29, 1.82) is 0 Å². The molecule has 0 aliphatic rings. The zero-order valence-electron chi connectivity index (χ0n) is 11.2. The van der Waals surface area contributed by atoms with Crippen LogP contribution in [0.1, 0.15) is 11.1 Å². The average Bonchev–Trinajstić information content (AvgIpc) is 2.97. The second-order valence-electron chi connectivity index (χ2n) is 4.66. The fraction of sp³-hybridized carbons (Fsp3) is 0.125. The zero-order chi connectivity index (χ0) is 13.9. The molecule has 0 saturated carbocycles. The van der Waals surface area contributed by atoms with Crippen LogP contribution in [0.3, 0.4) is 0 Å². The van der Waals surface area contributed by atoms with Crippen molar-refractivity contribution in [2.24, 2.45) is 5.73 Å². The first-order valence-corrected chi connectivity index (χ1v) is 7.32. The lowest BCUT2D eigenvalue weighted by molar-refractivity contribution is 1.07. The summed E-state index contributed by atoms with van der Waals surface area (Å²) in [5, 5.41) is 3.01. The van der Waals surface area contributed by atoms with Gasteiger partial charge in [-0.1, -0.05) is 18.2 Å². The highest BCUT2D eigenvalue weighted by molar-refractivity contribution is 7.13. The lowest BCUT2D eigenvalue weighted by Crippen LogP contribution is -1.95. The van der Waals surface area contributed by atoms with Gasteiger partial charge in [0.2, 0.25) is 0 Å². The van der Waals surface area contributed by atoms with Crippen LogP contribution in [-0.4, -0.2) is 9.97 Å².